The first-order valence-corrected chi connectivity index (χ1v) is 5.96. The minimum absolute atomic E-state index is 0. The van der Waals surface area contributed by atoms with Crippen molar-refractivity contribution in [1.82, 2.24) is 0 Å². The first kappa shape index (κ1) is 17.3. The third kappa shape index (κ3) is 4.10. The van der Waals surface area contributed by atoms with Gasteiger partial charge in [0.15, 0.2) is 0 Å². The van der Waals surface area contributed by atoms with Gasteiger partial charge in [-0.1, -0.05) is 35.4 Å². The number of benzene rings is 2. The van der Waals surface area contributed by atoms with Crippen LogP contribution in [0.25, 0.3) is 0 Å². The molecule has 0 aliphatic carbocycles. The zero-order valence-corrected chi connectivity index (χ0v) is 14.2. The van der Waals surface area contributed by atoms with Gasteiger partial charge in [-0.3, -0.25) is 0 Å². The normalized spacial score (nSPS) is 10.8. The van der Waals surface area contributed by atoms with E-state index in [2.05, 4.69) is 0 Å². The second-order valence-electron chi connectivity index (χ2n) is 4.60. The molecular weight excluding hydrogens is 338 g/mol. The van der Waals surface area contributed by atoms with Gasteiger partial charge in [0.2, 0.25) is 0 Å². The van der Waals surface area contributed by atoms with E-state index in [0.717, 1.165) is 11.1 Å². The summed E-state index contributed by atoms with van der Waals surface area (Å²) in [4.78, 5) is 0. The SMILES string of the molecule is Cc1ccc([C-](c2ccc(C)cc2)C(F)(F)F)cc1.[Y+3]. The van der Waals surface area contributed by atoms with Gasteiger partial charge >= 0.3 is 38.9 Å². The summed E-state index contributed by atoms with van der Waals surface area (Å²) >= 11 is 0. The third-order valence-corrected chi connectivity index (χ3v) is 2.96. The Kier molecular flexibility index (Phi) is 5.84. The molecule has 20 heavy (non-hydrogen) atoms. The zero-order valence-electron chi connectivity index (χ0n) is 11.3. The average molecular weight is 352 g/mol. The molecular formula is C16H14F3Y+2. The molecule has 0 aromatic heterocycles. The maximum Gasteiger partial charge on any atom is 3.00 e. The smallest absolute Gasteiger partial charge is 0.174 e. The summed E-state index contributed by atoms with van der Waals surface area (Å²) in [5, 5.41) is 0. The van der Waals surface area contributed by atoms with Crippen LogP contribution in [-0.4, -0.2) is 6.18 Å². The molecule has 0 spiro atoms. The molecule has 0 heterocycles. The van der Waals surface area contributed by atoms with Crippen LogP contribution in [0.1, 0.15) is 22.3 Å². The second-order valence-corrected chi connectivity index (χ2v) is 4.60. The maximum absolute atomic E-state index is 13.3. The van der Waals surface area contributed by atoms with E-state index in [1.165, 1.54) is 24.3 Å². The van der Waals surface area contributed by atoms with Crippen molar-refractivity contribution in [3.05, 3.63) is 76.7 Å². The Morgan fingerprint density at radius 1 is 0.700 bits per heavy atom. The summed E-state index contributed by atoms with van der Waals surface area (Å²) in [6.45, 7) is 3.70. The van der Waals surface area contributed by atoms with Gasteiger partial charge in [-0.2, -0.15) is 13.2 Å². The van der Waals surface area contributed by atoms with Crippen molar-refractivity contribution >= 4 is 0 Å². The van der Waals surface area contributed by atoms with Crippen LogP contribution in [0, 0.1) is 19.8 Å². The Morgan fingerprint density at radius 2 is 1.00 bits per heavy atom. The fourth-order valence-electron chi connectivity index (χ4n) is 1.93. The minimum Gasteiger partial charge on any atom is -0.174 e. The summed E-state index contributed by atoms with van der Waals surface area (Å²) in [6.07, 6.45) is -4.37. The number of hydrogen-bond acceptors (Lipinski definition) is 0. The fraction of sp³-hybridized carbons (Fsp3) is 0.188. The van der Waals surface area contributed by atoms with Crippen molar-refractivity contribution in [2.75, 3.05) is 0 Å². The van der Waals surface area contributed by atoms with Crippen molar-refractivity contribution in [3.8, 4) is 0 Å². The summed E-state index contributed by atoms with van der Waals surface area (Å²) in [6, 6.07) is 12.8. The van der Waals surface area contributed by atoms with Crippen LogP contribution in [0.5, 0.6) is 0 Å². The van der Waals surface area contributed by atoms with Crippen LogP contribution < -0.4 is 0 Å². The molecule has 0 radical (unpaired) electrons. The van der Waals surface area contributed by atoms with E-state index < -0.39 is 12.1 Å². The van der Waals surface area contributed by atoms with Crippen molar-refractivity contribution in [3.63, 3.8) is 0 Å². The Balaban J connectivity index is 0.00000200. The van der Waals surface area contributed by atoms with Gasteiger partial charge in [0.25, 0.3) is 0 Å². The molecule has 4 heteroatoms. The molecule has 0 saturated carbocycles. The molecule has 100 valence electrons. The van der Waals surface area contributed by atoms with E-state index in [-0.39, 0.29) is 43.8 Å². The molecule has 0 aliphatic rings. The Hall–Kier alpha value is -0.796. The van der Waals surface area contributed by atoms with E-state index in [0.29, 0.717) is 0 Å². The average Bonchev–Trinajstić information content (AvgIpc) is 2.33. The zero-order chi connectivity index (χ0) is 14.0. The van der Waals surface area contributed by atoms with Crippen LogP contribution in [0.4, 0.5) is 13.2 Å². The van der Waals surface area contributed by atoms with Crippen LogP contribution in [0.15, 0.2) is 48.5 Å². The van der Waals surface area contributed by atoms with Gasteiger partial charge in [0.1, 0.15) is 0 Å². The van der Waals surface area contributed by atoms with Crippen LogP contribution in [-0.2, 0) is 32.7 Å². The molecule has 0 atom stereocenters. The molecule has 0 bridgehead atoms. The molecule has 0 nitrogen and oxygen atoms in total. The van der Waals surface area contributed by atoms with Gasteiger partial charge < -0.3 is 0 Å². The predicted octanol–water partition coefficient (Wildman–Crippen LogP) is 4.83. The van der Waals surface area contributed by atoms with Crippen molar-refractivity contribution in [2.24, 2.45) is 0 Å². The van der Waals surface area contributed by atoms with E-state index in [1.54, 1.807) is 24.3 Å². The Labute approximate surface area is 142 Å². The largest absolute Gasteiger partial charge is 3.00 e. The summed E-state index contributed by atoms with van der Waals surface area (Å²) in [5.41, 5.74) is 2.27. The maximum atomic E-state index is 13.3. The van der Waals surface area contributed by atoms with E-state index in [9.17, 15) is 13.2 Å². The first-order valence-electron chi connectivity index (χ1n) is 5.96. The number of alkyl halides is 3. The van der Waals surface area contributed by atoms with Gasteiger partial charge in [0, 0.05) is 0 Å². The number of aryl methyl sites for hydroxylation is 2. The monoisotopic (exact) mass is 352 g/mol. The van der Waals surface area contributed by atoms with E-state index in [4.69, 9.17) is 0 Å². The molecule has 0 aliphatic heterocycles. The van der Waals surface area contributed by atoms with Gasteiger partial charge in [-0.15, -0.1) is 35.4 Å². The summed E-state index contributed by atoms with van der Waals surface area (Å²) in [5.74, 6) is -0.590. The van der Waals surface area contributed by atoms with E-state index >= 15 is 0 Å². The number of halogens is 3. The Morgan fingerprint density at radius 3 is 1.25 bits per heavy atom. The number of rotatable bonds is 2. The molecule has 0 N–H and O–H groups in total. The summed E-state index contributed by atoms with van der Waals surface area (Å²) < 4.78 is 39.8. The van der Waals surface area contributed by atoms with Crippen molar-refractivity contribution in [2.45, 2.75) is 20.0 Å². The van der Waals surface area contributed by atoms with Crippen LogP contribution >= 0.6 is 0 Å². The fourth-order valence-corrected chi connectivity index (χ4v) is 1.93. The molecule has 0 amide bonds. The third-order valence-electron chi connectivity index (χ3n) is 2.96. The minimum atomic E-state index is -4.37. The van der Waals surface area contributed by atoms with Crippen molar-refractivity contribution < 1.29 is 45.9 Å². The van der Waals surface area contributed by atoms with Gasteiger partial charge in [-0.25, -0.2) is 0 Å². The molecule has 0 fully saturated rings. The Bertz CT molecular complexity index is 496. The van der Waals surface area contributed by atoms with Crippen LogP contribution in [0.3, 0.4) is 0 Å². The van der Waals surface area contributed by atoms with Gasteiger partial charge in [0.05, 0.1) is 0 Å². The van der Waals surface area contributed by atoms with Gasteiger partial charge in [-0.05, 0) is 19.8 Å². The second kappa shape index (κ2) is 6.77. The van der Waals surface area contributed by atoms with Crippen molar-refractivity contribution in [1.29, 1.82) is 0 Å². The first-order chi connectivity index (χ1) is 8.88. The quantitative estimate of drug-likeness (QED) is 0.679. The van der Waals surface area contributed by atoms with Crippen LogP contribution in [0.2, 0.25) is 0 Å². The molecule has 0 unspecified atom stereocenters. The number of hydrogen-bond donors (Lipinski definition) is 0. The molecule has 0 saturated heterocycles. The standard InChI is InChI=1S/C16H14F3.Y/c1-11-3-7-13(8-4-11)15(16(17,18)19)14-9-5-12(2)6-10-14;/h3-10H,1-2H3;/q-1;+3. The topological polar surface area (TPSA) is 0 Å². The molecule has 2 rings (SSSR count). The van der Waals surface area contributed by atoms with E-state index in [1.807, 2.05) is 13.8 Å². The molecule has 2 aromatic rings. The molecule has 2 aromatic carbocycles. The predicted molar refractivity (Wildman–Crippen MR) is 69.9 cm³/mol. The summed E-state index contributed by atoms with van der Waals surface area (Å²) in [7, 11) is 0.